The van der Waals surface area contributed by atoms with E-state index in [2.05, 4.69) is 0 Å². The normalized spacial score (nSPS) is 12.1. The molecule has 0 bridgehead atoms. The van der Waals surface area contributed by atoms with E-state index in [-0.39, 0.29) is 4.90 Å². The summed E-state index contributed by atoms with van der Waals surface area (Å²) in [5.41, 5.74) is 6.64. The van der Waals surface area contributed by atoms with E-state index in [4.69, 9.17) is 22.1 Å². The van der Waals surface area contributed by atoms with Crippen LogP contribution in [0.15, 0.2) is 17.0 Å². The van der Waals surface area contributed by atoms with Gasteiger partial charge in [0.1, 0.15) is 0 Å². The van der Waals surface area contributed by atoms with Crippen LogP contribution in [0.5, 0.6) is 0 Å². The second-order valence-corrected chi connectivity index (χ2v) is 6.74. The topological polar surface area (TPSA) is 72.6 Å². The fourth-order valence-corrected chi connectivity index (χ4v) is 3.44. The lowest BCUT2D eigenvalue weighted by Crippen LogP contribution is -2.29. The minimum atomic E-state index is -3.58. The molecule has 5 nitrogen and oxygen atoms in total. The maximum atomic E-state index is 12.4. The van der Waals surface area contributed by atoms with Crippen molar-refractivity contribution in [1.82, 2.24) is 4.31 Å². The molecule has 2 N–H and O–H groups in total. The van der Waals surface area contributed by atoms with Gasteiger partial charge in [-0.2, -0.15) is 0 Å². The first kappa shape index (κ1) is 16.2. The molecule has 0 unspecified atom stereocenters. The Hall–Kier alpha value is -0.820. The van der Waals surface area contributed by atoms with Crippen molar-refractivity contribution < 1.29 is 13.2 Å². The summed E-state index contributed by atoms with van der Waals surface area (Å²) < 4.78 is 31.0. The van der Waals surface area contributed by atoms with Crippen molar-refractivity contribution in [3.8, 4) is 0 Å². The molecule has 0 radical (unpaired) electrons. The SMILES string of the molecule is COCCCN(C)S(=O)(=O)c1cc(Cl)cc(N)c1C. The first-order chi connectivity index (χ1) is 8.80. The van der Waals surface area contributed by atoms with E-state index in [1.54, 1.807) is 20.1 Å². The molecular weight excluding hydrogens is 288 g/mol. The highest BCUT2D eigenvalue weighted by Crippen LogP contribution is 2.27. The molecule has 1 rings (SSSR count). The Morgan fingerprint density at radius 3 is 2.63 bits per heavy atom. The zero-order valence-electron chi connectivity index (χ0n) is 11.3. The van der Waals surface area contributed by atoms with Gasteiger partial charge in [-0.05, 0) is 31.0 Å². The largest absolute Gasteiger partial charge is 0.398 e. The average Bonchev–Trinajstić information content (AvgIpc) is 2.33. The number of benzene rings is 1. The number of methoxy groups -OCH3 is 1. The van der Waals surface area contributed by atoms with E-state index in [1.807, 2.05) is 0 Å². The zero-order valence-corrected chi connectivity index (χ0v) is 12.9. The first-order valence-electron chi connectivity index (χ1n) is 5.81. The Kier molecular flexibility index (Phi) is 5.61. The van der Waals surface area contributed by atoms with Gasteiger partial charge in [0.25, 0.3) is 0 Å². The molecule has 108 valence electrons. The molecule has 0 aromatic heterocycles. The summed E-state index contributed by atoms with van der Waals surface area (Å²) in [7, 11) is -0.473. The molecule has 0 aliphatic carbocycles. The number of hydrogen-bond donors (Lipinski definition) is 1. The van der Waals surface area contributed by atoms with Crippen molar-refractivity contribution in [2.75, 3.05) is 33.0 Å². The molecule has 19 heavy (non-hydrogen) atoms. The lowest BCUT2D eigenvalue weighted by atomic mass is 10.2. The van der Waals surface area contributed by atoms with Crippen molar-refractivity contribution in [3.05, 3.63) is 22.7 Å². The molecule has 1 aromatic rings. The zero-order chi connectivity index (χ0) is 14.6. The first-order valence-corrected chi connectivity index (χ1v) is 7.63. The Balaban J connectivity index is 3.06. The van der Waals surface area contributed by atoms with Crippen LogP contribution in [0.2, 0.25) is 5.02 Å². The van der Waals surface area contributed by atoms with Crippen molar-refractivity contribution in [2.24, 2.45) is 0 Å². The predicted octanol–water partition coefficient (Wildman–Crippen LogP) is 1.89. The van der Waals surface area contributed by atoms with Crippen molar-refractivity contribution in [3.63, 3.8) is 0 Å². The van der Waals surface area contributed by atoms with Gasteiger partial charge < -0.3 is 10.5 Å². The number of anilines is 1. The fourth-order valence-electron chi connectivity index (χ4n) is 1.66. The van der Waals surface area contributed by atoms with Gasteiger partial charge in [0.05, 0.1) is 4.90 Å². The minimum Gasteiger partial charge on any atom is -0.398 e. The molecule has 0 atom stereocenters. The molecule has 1 aromatic carbocycles. The average molecular weight is 307 g/mol. The van der Waals surface area contributed by atoms with Gasteiger partial charge in [-0.3, -0.25) is 0 Å². The molecule has 0 saturated carbocycles. The lowest BCUT2D eigenvalue weighted by Gasteiger charge is -2.19. The molecule has 0 aliphatic heterocycles. The van der Waals surface area contributed by atoms with Crippen LogP contribution in [0, 0.1) is 6.92 Å². The number of rotatable bonds is 6. The van der Waals surface area contributed by atoms with Crippen LogP contribution in [-0.2, 0) is 14.8 Å². The second-order valence-electron chi connectivity index (χ2n) is 4.29. The van der Waals surface area contributed by atoms with E-state index >= 15 is 0 Å². The second kappa shape index (κ2) is 6.56. The molecule has 0 amide bonds. The summed E-state index contributed by atoms with van der Waals surface area (Å²) in [4.78, 5) is 0.150. The summed E-state index contributed by atoms with van der Waals surface area (Å²) in [5.74, 6) is 0. The predicted molar refractivity (Wildman–Crippen MR) is 76.9 cm³/mol. The van der Waals surface area contributed by atoms with Gasteiger partial charge >= 0.3 is 0 Å². The lowest BCUT2D eigenvalue weighted by molar-refractivity contribution is 0.189. The molecule has 0 spiro atoms. The number of ether oxygens (including phenoxy) is 1. The van der Waals surface area contributed by atoms with Crippen LogP contribution in [0.1, 0.15) is 12.0 Å². The fraction of sp³-hybridized carbons (Fsp3) is 0.500. The summed E-state index contributed by atoms with van der Waals surface area (Å²) in [6.45, 7) is 2.56. The van der Waals surface area contributed by atoms with Gasteiger partial charge in [-0.1, -0.05) is 11.6 Å². The third-order valence-corrected chi connectivity index (χ3v) is 5.08. The number of nitrogens with zero attached hydrogens (tertiary/aromatic N) is 1. The molecule has 7 heteroatoms. The van der Waals surface area contributed by atoms with E-state index in [9.17, 15) is 8.42 Å². The van der Waals surface area contributed by atoms with Gasteiger partial charge in [-0.25, -0.2) is 12.7 Å². The molecule has 0 heterocycles. The summed E-state index contributed by atoms with van der Waals surface area (Å²) in [6, 6.07) is 2.97. The standard InChI is InChI=1S/C12H19ClN2O3S/c1-9-11(14)7-10(13)8-12(9)19(16,17)15(2)5-4-6-18-3/h7-8H,4-6,14H2,1-3H3. The highest BCUT2D eigenvalue weighted by atomic mass is 35.5. The Bertz CT molecular complexity index is 546. The van der Waals surface area contributed by atoms with E-state index < -0.39 is 10.0 Å². The molecule has 0 fully saturated rings. The summed E-state index contributed by atoms with van der Waals surface area (Å²) in [5, 5.41) is 0.312. The minimum absolute atomic E-state index is 0.150. The van der Waals surface area contributed by atoms with Crippen molar-refractivity contribution in [1.29, 1.82) is 0 Å². The third kappa shape index (κ3) is 3.82. The van der Waals surface area contributed by atoms with Crippen LogP contribution >= 0.6 is 11.6 Å². The van der Waals surface area contributed by atoms with Crippen LogP contribution in [0.3, 0.4) is 0 Å². The van der Waals surface area contributed by atoms with E-state index in [1.165, 1.54) is 17.4 Å². The van der Waals surface area contributed by atoms with Crippen LogP contribution < -0.4 is 5.73 Å². The van der Waals surface area contributed by atoms with E-state index in [0.717, 1.165) is 0 Å². The monoisotopic (exact) mass is 306 g/mol. The third-order valence-electron chi connectivity index (χ3n) is 2.87. The van der Waals surface area contributed by atoms with E-state index in [0.29, 0.717) is 35.8 Å². The van der Waals surface area contributed by atoms with Crippen LogP contribution in [0.4, 0.5) is 5.69 Å². The highest BCUT2D eigenvalue weighted by Gasteiger charge is 2.23. The smallest absolute Gasteiger partial charge is 0.243 e. The number of sulfonamides is 1. The van der Waals surface area contributed by atoms with Gasteiger partial charge in [-0.15, -0.1) is 0 Å². The van der Waals surface area contributed by atoms with Gasteiger partial charge in [0, 0.05) is 38.0 Å². The molecule has 0 aliphatic rings. The van der Waals surface area contributed by atoms with Crippen LogP contribution in [-0.4, -0.2) is 40.0 Å². The maximum Gasteiger partial charge on any atom is 0.243 e. The number of hydrogen-bond acceptors (Lipinski definition) is 4. The number of nitrogen functional groups attached to an aromatic ring is 1. The summed E-state index contributed by atoms with van der Waals surface area (Å²) >= 11 is 5.88. The Labute approximate surface area is 119 Å². The quantitative estimate of drug-likeness (QED) is 0.643. The Morgan fingerprint density at radius 2 is 2.05 bits per heavy atom. The number of halogens is 1. The summed E-state index contributed by atoms with van der Waals surface area (Å²) in [6.07, 6.45) is 0.626. The van der Waals surface area contributed by atoms with Crippen molar-refractivity contribution in [2.45, 2.75) is 18.2 Å². The van der Waals surface area contributed by atoms with Gasteiger partial charge in [0.15, 0.2) is 0 Å². The van der Waals surface area contributed by atoms with Gasteiger partial charge in [0.2, 0.25) is 10.0 Å². The maximum absolute atomic E-state index is 12.4. The highest BCUT2D eigenvalue weighted by molar-refractivity contribution is 7.89. The molecular formula is C12H19ClN2O3S. The van der Waals surface area contributed by atoms with Crippen LogP contribution in [0.25, 0.3) is 0 Å². The number of nitrogens with two attached hydrogens (primary N) is 1. The molecule has 0 saturated heterocycles. The van der Waals surface area contributed by atoms with Crippen molar-refractivity contribution >= 4 is 27.3 Å². The Morgan fingerprint density at radius 1 is 1.42 bits per heavy atom.